The Bertz CT molecular complexity index is 4860. The Hall–Kier alpha value is -14.3. The average Bonchev–Trinajstić information content (AvgIpc) is 0.839. The van der Waals surface area contributed by atoms with Crippen LogP contribution in [-0.4, -0.2) is 320 Å². The van der Waals surface area contributed by atoms with E-state index in [1.54, 1.807) is 44.2 Å². The van der Waals surface area contributed by atoms with Crippen LogP contribution >= 0.6 is 43.2 Å². The Balaban J connectivity index is 2.08. The van der Waals surface area contributed by atoms with E-state index in [1.165, 1.54) is 52.0 Å². The van der Waals surface area contributed by atoms with Crippen LogP contribution in [-0.2, 0) is 99.1 Å². The van der Waals surface area contributed by atoms with Gasteiger partial charge in [-0.3, -0.25) is 119 Å². The molecular formula is C88H147N37O19S4. The maximum absolute atomic E-state index is 15.8. The third-order valence-corrected chi connectivity index (χ3v) is 27.0. The quantitative estimate of drug-likeness (QED) is 0.0127. The van der Waals surface area contributed by atoms with E-state index in [4.69, 9.17) is 78.3 Å². The molecule has 2 unspecified atom stereocenters. The van der Waals surface area contributed by atoms with Crippen molar-refractivity contribution in [2.45, 2.75) is 228 Å². The third-order valence-electron chi connectivity index (χ3n) is 22.2. The van der Waals surface area contributed by atoms with Crippen LogP contribution in [0.25, 0.3) is 0 Å². The summed E-state index contributed by atoms with van der Waals surface area (Å²) in [5, 5.41) is 116. The zero-order valence-electron chi connectivity index (χ0n) is 83.4. The molecule has 2 heterocycles. The second kappa shape index (κ2) is 67.5. The minimum atomic E-state index is -1.86. The first-order chi connectivity index (χ1) is 70.0. The Kier molecular flexibility index (Phi) is 57.4. The van der Waals surface area contributed by atoms with Crippen molar-refractivity contribution in [3.63, 3.8) is 0 Å². The van der Waals surface area contributed by atoms with Crippen LogP contribution in [0.15, 0.2) is 54.6 Å². The lowest BCUT2D eigenvalue weighted by molar-refractivity contribution is -0.136. The molecule has 0 spiro atoms. The highest BCUT2D eigenvalue weighted by Crippen LogP contribution is 2.27. The second-order valence-electron chi connectivity index (χ2n) is 35.8. The zero-order chi connectivity index (χ0) is 110. The lowest BCUT2D eigenvalue weighted by Gasteiger charge is -2.30. The number of aromatic hydroxyl groups is 1. The minimum Gasteiger partial charge on any atom is -0.508 e. The number of carbonyl (C=O) groups excluding carboxylic acids is 18. The number of primary amides is 1. The number of fused-ring (bicyclic) bond motifs is 5. The molecule has 0 radical (unpaired) electrons. The van der Waals surface area contributed by atoms with E-state index >= 15 is 52.7 Å². The molecule has 0 aromatic heterocycles. The lowest BCUT2D eigenvalue weighted by atomic mass is 10.0. The molecule has 2 aromatic carbocycles. The fraction of sp³-hybridized carbons (Fsp3) is 0.591. The van der Waals surface area contributed by atoms with Crippen LogP contribution < -0.4 is 168 Å². The molecule has 2 aromatic rings. The van der Waals surface area contributed by atoms with Gasteiger partial charge in [0.1, 0.15) is 90.3 Å². The monoisotopic (exact) mass is 2150 g/mol. The fourth-order valence-electron chi connectivity index (χ4n) is 14.3. The van der Waals surface area contributed by atoms with Crippen molar-refractivity contribution in [2.24, 2.45) is 63.6 Å². The molecule has 56 nitrogen and oxygen atoms in total. The number of phenolic OH excluding ortho intramolecular Hbond substituents is 1. The summed E-state index contributed by atoms with van der Waals surface area (Å²) in [6.45, 7) is 7.42. The summed E-state index contributed by atoms with van der Waals surface area (Å²) in [5.41, 5.74) is 45.5. The molecule has 4 rings (SSSR count). The van der Waals surface area contributed by atoms with Gasteiger partial charge in [0, 0.05) is 75.1 Å². The van der Waals surface area contributed by atoms with Crippen LogP contribution in [0.3, 0.4) is 0 Å². The number of hydrogen-bond acceptors (Lipinski definition) is 30. The van der Waals surface area contributed by atoms with Crippen molar-refractivity contribution in [1.82, 2.24) is 122 Å². The number of nitrogens with one attached hydrogen (secondary N) is 29. The van der Waals surface area contributed by atoms with Gasteiger partial charge in [-0.25, -0.2) is 0 Å². The van der Waals surface area contributed by atoms with E-state index in [9.17, 15) is 38.7 Å². The number of guanidine groups is 6. The van der Waals surface area contributed by atoms with Gasteiger partial charge < -0.3 is 173 Å². The molecule has 2 saturated heterocycles. The maximum atomic E-state index is 15.8. The van der Waals surface area contributed by atoms with E-state index in [2.05, 4.69) is 122 Å². The predicted molar refractivity (Wildman–Crippen MR) is 559 cm³/mol. The summed E-state index contributed by atoms with van der Waals surface area (Å²) >= 11 is 0. The number of rotatable bonds is 49. The van der Waals surface area contributed by atoms with Crippen molar-refractivity contribution in [1.29, 1.82) is 32.5 Å². The minimum absolute atomic E-state index is 0.00534. The second-order valence-corrected chi connectivity index (χ2v) is 40.9. The molecule has 60 heteroatoms. The first-order valence-corrected chi connectivity index (χ1v) is 52.9. The van der Waals surface area contributed by atoms with Crippen LogP contribution in [0.4, 0.5) is 0 Å². The number of hydrogen-bond donors (Lipinski definition) is 38. The number of carbonyl (C=O) groups is 18. The molecule has 2 fully saturated rings. The van der Waals surface area contributed by atoms with Gasteiger partial charge in [0.15, 0.2) is 35.8 Å². The maximum Gasteiger partial charge on any atom is 0.244 e. The normalized spacial score (nSPS) is 20.1. The van der Waals surface area contributed by atoms with Gasteiger partial charge in [-0.1, -0.05) is 127 Å². The molecule has 148 heavy (non-hydrogen) atoms. The Labute approximate surface area is 872 Å². The van der Waals surface area contributed by atoms with Gasteiger partial charge in [-0.05, 0) is 124 Å². The highest BCUT2D eigenvalue weighted by molar-refractivity contribution is 8.77. The first-order valence-electron chi connectivity index (χ1n) is 47.9. The predicted octanol–water partition coefficient (Wildman–Crippen LogP) is -10.1. The van der Waals surface area contributed by atoms with Crippen molar-refractivity contribution in [3.8, 4) is 5.75 Å². The van der Waals surface area contributed by atoms with Crippen molar-refractivity contribution in [2.75, 3.05) is 81.9 Å². The summed E-state index contributed by atoms with van der Waals surface area (Å²) in [6, 6.07) is -10.8. The van der Waals surface area contributed by atoms with Gasteiger partial charge >= 0.3 is 0 Å². The standard InChI is InChI=1S/C88H147N37O19S4/c1-44(2)34-56(117-70(132)52(20-12-30-105-85(95)96)113-64(128)38-109-63(127)37-110-69(131)50(89)18-10-28-103-83(91)92)74(136)120-60-41-146-148-43-62(80(142)124-66(45(3)4)81(143)111-39-65(129)112-51(68(90)130)19-11-29-104-84(93)94)123-82(144)67(46(5)6)125-79(141)61-42-147-145-40-59(121-76(138)58(119-78(60)140)36-48-24-26-49(126)27-25-48)77(139)116-54(22-14-32-107-87(99)100)72(134)114-53(21-13-31-106-86(97)98)71(133)115-55(23-15-33-108-88(101)102)73(135)118-57(75(137)122-61)35-47-16-8-7-9-17-47/h7-9,16-17,24-27,44-46,50-62,66-67,126H,10-15,18-23,28-43,89H2,1-6H3,(H2,90,130)(H,109,127)(H,110,131)(H,111,143)(H,112,129)(H,113,128)(H,114,134)(H,115,133)(H,116,139)(H,117,132)(H,118,135)(H,119,140)(H,120,136)(H,121,138)(H,122,137)(H,123,144)(H,124,142)(H,125,141)(H4,91,92,103)(H4,93,94,104)(H4,95,96,105)(H4,97,98,106)(H4,99,100,107)(H4,101,102,108)/t50-,51-,52-,53?,54-,55-,56-,57-,58-,59-,60?,61-,62-,66-,67-/m0/s1. The zero-order valence-corrected chi connectivity index (χ0v) is 86.7. The molecule has 2 aliphatic rings. The molecule has 18 amide bonds. The number of nitrogens with two attached hydrogens (primary N) is 8. The van der Waals surface area contributed by atoms with E-state index in [0.717, 1.165) is 43.2 Å². The summed E-state index contributed by atoms with van der Waals surface area (Å²) in [4.78, 5) is 265. The molecule has 15 atom stereocenters. The SMILES string of the molecule is CC(C)C[C@H](NC(=O)[C@H](CCCNC(=N)N)NC(=O)CNC(=O)CNC(=O)[C@@H](N)CCCNC(=N)N)C(=O)NC1CSSC[C@@H](C(=O)N[C@H](C(=O)NCC(=O)N[C@@H](CCCNC(=N)N)C(N)=O)C(C)C)NC(=O)[C@H](C(C)C)NC(=O)[C@@H]2CSSC[C@H](NC(=O)[C@H](Cc3ccc(O)cc3)NC1=O)C(=O)N[C@@H](CCCNC(=N)N)C(=O)NC(CCCNC(=N)N)C(=O)N[C@@H](CCCNC(=N)N)C(=O)N[C@@H](Cc1ccccc1)C(=O)N2. The van der Waals surface area contributed by atoms with Crippen LogP contribution in [0.2, 0.25) is 0 Å². The van der Waals surface area contributed by atoms with Gasteiger partial charge in [0.2, 0.25) is 106 Å². The number of phenols is 1. The average molecular weight is 2160 g/mol. The van der Waals surface area contributed by atoms with Crippen molar-refractivity contribution < 1.29 is 91.4 Å². The Morgan fingerprint density at radius 1 is 0.378 bits per heavy atom. The van der Waals surface area contributed by atoms with Crippen LogP contribution in [0.1, 0.15) is 136 Å². The van der Waals surface area contributed by atoms with E-state index < -0.39 is 288 Å². The Morgan fingerprint density at radius 2 is 0.770 bits per heavy atom. The summed E-state index contributed by atoms with van der Waals surface area (Å²) in [6.07, 6.45) is -1.36. The number of benzene rings is 2. The molecule has 46 N–H and O–H groups in total. The largest absolute Gasteiger partial charge is 0.508 e. The molecule has 2 bridgehead atoms. The van der Waals surface area contributed by atoms with Crippen LogP contribution in [0.5, 0.6) is 5.75 Å². The van der Waals surface area contributed by atoms with E-state index in [1.807, 2.05) is 0 Å². The van der Waals surface area contributed by atoms with Gasteiger partial charge in [-0.2, -0.15) is 0 Å². The summed E-state index contributed by atoms with van der Waals surface area (Å²) < 4.78 is 0. The lowest BCUT2D eigenvalue weighted by Crippen LogP contribution is -2.62. The third kappa shape index (κ3) is 50.7. The molecule has 0 aliphatic carbocycles. The molecule has 2 aliphatic heterocycles. The molecular weight excluding hydrogens is 2010 g/mol. The smallest absolute Gasteiger partial charge is 0.244 e. The highest BCUT2D eigenvalue weighted by atomic mass is 33.1. The van der Waals surface area contributed by atoms with Crippen molar-refractivity contribution in [3.05, 3.63) is 65.7 Å². The first kappa shape index (κ1) is 126. The molecule has 822 valence electrons. The summed E-state index contributed by atoms with van der Waals surface area (Å²) in [7, 11) is 3.14. The van der Waals surface area contributed by atoms with Crippen LogP contribution in [0, 0.1) is 50.2 Å². The molecule has 0 saturated carbocycles. The van der Waals surface area contributed by atoms with Gasteiger partial charge in [0.05, 0.1) is 25.7 Å². The Morgan fingerprint density at radius 3 is 1.23 bits per heavy atom. The van der Waals surface area contributed by atoms with Crippen molar-refractivity contribution >= 4 is 185 Å². The summed E-state index contributed by atoms with van der Waals surface area (Å²) in [5.74, 6) is -25.2. The fourth-order valence-corrected chi connectivity index (χ4v) is 19.0. The van der Waals surface area contributed by atoms with Gasteiger partial charge in [-0.15, -0.1) is 0 Å². The number of amides is 18. The van der Waals surface area contributed by atoms with Gasteiger partial charge in [0.25, 0.3) is 0 Å². The topological polar surface area (TPSA) is 955 Å². The highest BCUT2D eigenvalue weighted by Gasteiger charge is 2.41. The van der Waals surface area contributed by atoms with E-state index in [0.29, 0.717) is 12.0 Å². The van der Waals surface area contributed by atoms with E-state index in [-0.39, 0.29) is 146 Å².